The summed E-state index contributed by atoms with van der Waals surface area (Å²) in [5, 5.41) is 21.8. The van der Waals surface area contributed by atoms with Crippen molar-refractivity contribution in [3.8, 4) is 5.75 Å². The molecule has 47 heavy (non-hydrogen) atoms. The third kappa shape index (κ3) is 12.7. The van der Waals surface area contributed by atoms with Gasteiger partial charge >= 0.3 is 12.1 Å². The average Bonchev–Trinajstić information content (AvgIpc) is 3.01. The number of aliphatic hydroxyl groups excluding tert-OH is 1. The number of amides is 6. The molecule has 0 aliphatic heterocycles. The first-order chi connectivity index (χ1) is 22.1. The summed E-state index contributed by atoms with van der Waals surface area (Å²) in [6.45, 7) is 7.45. The van der Waals surface area contributed by atoms with E-state index in [0.717, 1.165) is 11.1 Å². The van der Waals surface area contributed by atoms with E-state index in [-0.39, 0.29) is 31.3 Å². The number of aliphatic hydroxyl groups is 1. The predicted octanol–water partition coefficient (Wildman–Crippen LogP) is 2.21. The van der Waals surface area contributed by atoms with Gasteiger partial charge in [-0.1, -0.05) is 70.2 Å². The van der Waals surface area contributed by atoms with Gasteiger partial charge in [-0.05, 0) is 41.5 Å². The van der Waals surface area contributed by atoms with E-state index < -0.39 is 48.1 Å². The molecule has 0 aromatic heterocycles. The smallest absolute Gasteiger partial charge is 0.317 e. The molecular weight excluding hydrogens is 602 g/mol. The summed E-state index contributed by atoms with van der Waals surface area (Å²) >= 11 is 0. The standard InChI is InChI=1S/C34H53N7O6/c1-22(2)29(36-33(45)39(5)6)31(43)35-27(19-24-13-11-10-12-14-24)28(42)21-41(20-25-15-17-26(47-9)18-16-25)38-32(44)30(23(3)4)37-34(46)40(7)8/h10-18,22-23,27-30,42H,19-21H2,1-9H3,(H,35,43)(H,36,45)(H,37,46)(H,38,44)/t27-,28-,29-,30-/m0/s1. The second-order valence-electron chi connectivity index (χ2n) is 12.7. The molecule has 0 spiro atoms. The van der Waals surface area contributed by atoms with Crippen molar-refractivity contribution >= 4 is 23.9 Å². The van der Waals surface area contributed by atoms with Gasteiger partial charge in [-0.3, -0.25) is 15.0 Å². The number of hydrogen-bond acceptors (Lipinski definition) is 7. The molecule has 0 saturated carbocycles. The number of carbonyl (C=O) groups excluding carboxylic acids is 4. The van der Waals surface area contributed by atoms with Gasteiger partial charge in [0.25, 0.3) is 5.91 Å². The van der Waals surface area contributed by atoms with Gasteiger partial charge in [-0.15, -0.1) is 0 Å². The van der Waals surface area contributed by atoms with Crippen LogP contribution in [0.25, 0.3) is 0 Å². The van der Waals surface area contributed by atoms with E-state index in [4.69, 9.17) is 4.74 Å². The lowest BCUT2D eigenvalue weighted by molar-refractivity contribution is -0.131. The molecule has 0 aliphatic rings. The maximum Gasteiger partial charge on any atom is 0.317 e. The highest BCUT2D eigenvalue weighted by molar-refractivity contribution is 5.88. The van der Waals surface area contributed by atoms with E-state index >= 15 is 0 Å². The van der Waals surface area contributed by atoms with Crippen molar-refractivity contribution in [1.29, 1.82) is 0 Å². The highest BCUT2D eigenvalue weighted by Crippen LogP contribution is 2.15. The Kier molecular flexibility index (Phi) is 15.4. The SMILES string of the molecule is COc1ccc(CN(C[C@H](O)[C@H](Cc2ccccc2)NC(=O)[C@@H](NC(=O)N(C)C)C(C)C)NC(=O)[C@@H](NC(=O)N(C)C)C(C)C)cc1. The van der Waals surface area contributed by atoms with E-state index in [0.29, 0.717) is 5.75 Å². The highest BCUT2D eigenvalue weighted by atomic mass is 16.5. The first kappa shape index (κ1) is 38.8. The second-order valence-corrected chi connectivity index (χ2v) is 12.7. The Morgan fingerprint density at radius 3 is 1.70 bits per heavy atom. The van der Waals surface area contributed by atoms with Gasteiger partial charge in [0.15, 0.2) is 0 Å². The van der Waals surface area contributed by atoms with Crippen LogP contribution in [0.2, 0.25) is 0 Å². The normalized spacial score (nSPS) is 13.7. The number of nitrogens with zero attached hydrogens (tertiary/aromatic N) is 3. The molecule has 6 amide bonds. The van der Waals surface area contributed by atoms with Gasteiger partial charge in [0.05, 0.1) is 19.3 Å². The Bertz CT molecular complexity index is 1290. The maximum atomic E-state index is 13.6. The zero-order chi connectivity index (χ0) is 35.3. The van der Waals surface area contributed by atoms with E-state index in [1.807, 2.05) is 70.2 Å². The molecule has 0 bridgehead atoms. The largest absolute Gasteiger partial charge is 0.497 e. The lowest BCUT2D eigenvalue weighted by atomic mass is 9.98. The van der Waals surface area contributed by atoms with E-state index in [1.165, 1.54) is 9.80 Å². The van der Waals surface area contributed by atoms with Crippen molar-refractivity contribution < 1.29 is 29.0 Å². The number of nitrogens with one attached hydrogen (secondary N) is 4. The summed E-state index contributed by atoms with van der Waals surface area (Å²) in [5.74, 6) is -0.688. The number of ether oxygens (including phenoxy) is 1. The summed E-state index contributed by atoms with van der Waals surface area (Å²) in [6, 6.07) is 13.4. The lowest BCUT2D eigenvalue weighted by Crippen LogP contribution is -2.59. The van der Waals surface area contributed by atoms with Gasteiger partial charge in [-0.25, -0.2) is 14.6 Å². The zero-order valence-corrected chi connectivity index (χ0v) is 29.1. The third-order valence-electron chi connectivity index (χ3n) is 7.57. The molecular formula is C34H53N7O6. The monoisotopic (exact) mass is 655 g/mol. The Balaban J connectivity index is 2.40. The van der Waals surface area contributed by atoms with Crippen LogP contribution in [0.5, 0.6) is 5.75 Å². The molecule has 2 aromatic rings. The van der Waals surface area contributed by atoms with E-state index in [2.05, 4.69) is 21.4 Å². The van der Waals surface area contributed by atoms with Crippen LogP contribution in [0.15, 0.2) is 54.6 Å². The molecule has 0 aliphatic carbocycles. The highest BCUT2D eigenvalue weighted by Gasteiger charge is 2.32. The molecule has 2 aromatic carbocycles. The summed E-state index contributed by atoms with van der Waals surface area (Å²) in [7, 11) is 7.94. The number of rotatable bonds is 16. The molecule has 0 fully saturated rings. The second kappa shape index (κ2) is 18.7. The van der Waals surface area contributed by atoms with Crippen LogP contribution in [-0.2, 0) is 22.6 Å². The number of benzene rings is 2. The van der Waals surface area contributed by atoms with Crippen molar-refractivity contribution in [3.05, 3.63) is 65.7 Å². The molecule has 2 rings (SSSR count). The number of carbonyl (C=O) groups is 4. The van der Waals surface area contributed by atoms with Crippen molar-refractivity contribution in [1.82, 2.24) is 36.2 Å². The fourth-order valence-electron chi connectivity index (χ4n) is 4.70. The molecule has 0 radical (unpaired) electrons. The molecule has 4 atom stereocenters. The van der Waals surface area contributed by atoms with Gasteiger partial charge in [-0.2, -0.15) is 0 Å². The van der Waals surface area contributed by atoms with E-state index in [9.17, 15) is 24.3 Å². The predicted molar refractivity (Wildman–Crippen MR) is 181 cm³/mol. The van der Waals surface area contributed by atoms with Gasteiger partial charge in [0.1, 0.15) is 17.8 Å². The topological polar surface area (TPSA) is 156 Å². The average molecular weight is 656 g/mol. The summed E-state index contributed by atoms with van der Waals surface area (Å²) in [4.78, 5) is 54.8. The maximum absolute atomic E-state index is 13.6. The van der Waals surface area contributed by atoms with Crippen LogP contribution in [0.3, 0.4) is 0 Å². The minimum Gasteiger partial charge on any atom is -0.497 e. The van der Waals surface area contributed by atoms with Crippen LogP contribution in [-0.4, -0.2) is 110 Å². The first-order valence-electron chi connectivity index (χ1n) is 15.8. The molecule has 0 unspecified atom stereocenters. The van der Waals surface area contributed by atoms with Crippen molar-refractivity contribution in [3.63, 3.8) is 0 Å². The minimum absolute atomic E-state index is 0.0710. The quantitative estimate of drug-likeness (QED) is 0.174. The van der Waals surface area contributed by atoms with Gasteiger partial charge in [0, 0.05) is 41.3 Å². The van der Waals surface area contributed by atoms with Crippen LogP contribution >= 0.6 is 0 Å². The summed E-state index contributed by atoms with van der Waals surface area (Å²) in [6.07, 6.45) is -0.873. The molecule has 13 heteroatoms. The van der Waals surface area contributed by atoms with Gasteiger partial charge in [0.2, 0.25) is 5.91 Å². The third-order valence-corrected chi connectivity index (χ3v) is 7.57. The fourth-order valence-corrected chi connectivity index (χ4v) is 4.70. The van der Waals surface area contributed by atoms with Gasteiger partial charge < -0.3 is 35.6 Å². The molecule has 0 heterocycles. The number of methoxy groups -OCH3 is 1. The van der Waals surface area contributed by atoms with Crippen molar-refractivity contribution in [2.45, 2.75) is 64.9 Å². The van der Waals surface area contributed by atoms with Crippen LogP contribution in [0.1, 0.15) is 38.8 Å². The molecule has 0 saturated heterocycles. The number of urea groups is 2. The fraction of sp³-hybridized carbons (Fsp3) is 0.529. The lowest BCUT2D eigenvalue weighted by Gasteiger charge is -2.33. The Morgan fingerprint density at radius 2 is 1.23 bits per heavy atom. The van der Waals surface area contributed by atoms with Crippen molar-refractivity contribution in [2.75, 3.05) is 41.8 Å². The van der Waals surface area contributed by atoms with Crippen LogP contribution in [0, 0.1) is 11.8 Å². The summed E-state index contributed by atoms with van der Waals surface area (Å²) < 4.78 is 5.28. The van der Waals surface area contributed by atoms with Crippen LogP contribution in [0.4, 0.5) is 9.59 Å². The Morgan fingerprint density at radius 1 is 0.723 bits per heavy atom. The van der Waals surface area contributed by atoms with Crippen LogP contribution < -0.4 is 26.1 Å². The minimum atomic E-state index is -1.16. The number of hydrazine groups is 1. The summed E-state index contributed by atoms with van der Waals surface area (Å²) in [5.41, 5.74) is 4.60. The zero-order valence-electron chi connectivity index (χ0n) is 29.1. The van der Waals surface area contributed by atoms with E-state index in [1.54, 1.807) is 52.4 Å². The molecule has 13 nitrogen and oxygen atoms in total. The Labute approximate surface area is 279 Å². The first-order valence-corrected chi connectivity index (χ1v) is 15.8. The number of hydrogen-bond donors (Lipinski definition) is 5. The molecule has 5 N–H and O–H groups in total. The molecule has 260 valence electrons. The Hall–Kier alpha value is -4.36. The van der Waals surface area contributed by atoms with Crippen molar-refractivity contribution in [2.24, 2.45) is 11.8 Å².